The highest BCUT2D eigenvalue weighted by Gasteiger charge is 2.56. The number of amides is 2. The first-order chi connectivity index (χ1) is 22.3. The van der Waals surface area contributed by atoms with Crippen molar-refractivity contribution in [2.45, 2.75) is 90.3 Å². The van der Waals surface area contributed by atoms with Crippen molar-refractivity contribution in [2.75, 3.05) is 7.11 Å². The summed E-state index contributed by atoms with van der Waals surface area (Å²) in [5, 5.41) is 15.3. The molecule has 1 saturated heterocycles. The number of aliphatic hydroxyl groups is 1. The molecule has 0 bridgehead atoms. The number of fused-ring (bicyclic) bond motifs is 7. The van der Waals surface area contributed by atoms with Gasteiger partial charge in [0.25, 0.3) is 0 Å². The number of nitrogens with one attached hydrogen (secondary N) is 2. The summed E-state index contributed by atoms with van der Waals surface area (Å²) < 4.78 is 17.2. The molecule has 3 N–H and O–H groups in total. The number of aromatic nitrogens is 2. The van der Waals surface area contributed by atoms with E-state index in [0.29, 0.717) is 20.0 Å². The number of H-pyrrole nitrogens is 1. The number of carbonyl (C=O) groups is 2. The predicted molar refractivity (Wildman–Crippen MR) is 182 cm³/mol. The fraction of sp³-hybridized carbons (Fsp3) is 0.472. The van der Waals surface area contributed by atoms with E-state index in [2.05, 4.69) is 46.7 Å². The van der Waals surface area contributed by atoms with E-state index >= 15 is 0 Å². The maximum Gasteiger partial charge on any atom is 0.407 e. The van der Waals surface area contributed by atoms with Crippen LogP contribution in [-0.2, 0) is 20.8 Å². The van der Waals surface area contributed by atoms with Crippen LogP contribution in [0.25, 0.3) is 32.9 Å². The zero-order valence-electron chi connectivity index (χ0n) is 28.1. The van der Waals surface area contributed by atoms with Crippen LogP contribution in [0.3, 0.4) is 0 Å². The average molecular weight is 639 g/mol. The van der Waals surface area contributed by atoms with Crippen LogP contribution < -0.4 is 15.5 Å². The summed E-state index contributed by atoms with van der Waals surface area (Å²) in [5.74, 6) is 1.83. The van der Waals surface area contributed by atoms with Gasteiger partial charge in [0.2, 0.25) is 5.91 Å². The van der Waals surface area contributed by atoms with Gasteiger partial charge >= 0.3 is 13.6 Å². The standard InChI is InChI=1S/C36H43BN4O6/c1-18(2)30(40-34(43)45-7)33(42)41-27-14-20(27)15-28(41)32-38-26-11-8-19-13-25-23-10-9-22(37-47-36(5,6)35(3,4)44)12-21(23)17-46-29(25)16-24(19)31(26)39-32/h8-13,16,18,20,27-28,30,37,44H,14-15,17H2,1-7H3,(H,38,39)(H,40,43)/t20-,27-,28+,30+/m1/s1. The van der Waals surface area contributed by atoms with E-state index in [4.69, 9.17) is 19.1 Å². The molecule has 3 aromatic carbocycles. The van der Waals surface area contributed by atoms with Gasteiger partial charge in [-0.2, -0.15) is 0 Å². The number of nitrogens with zero attached hydrogens (tertiary/aromatic N) is 2. The number of benzene rings is 3. The summed E-state index contributed by atoms with van der Waals surface area (Å²) in [6, 6.07) is 14.0. The van der Waals surface area contributed by atoms with Gasteiger partial charge in [0.15, 0.2) is 0 Å². The molecule has 0 spiro atoms. The molecule has 3 aliphatic rings. The fourth-order valence-corrected chi connectivity index (χ4v) is 6.93. The molecule has 7 rings (SSSR count). The number of ether oxygens (including phenoxy) is 2. The highest BCUT2D eigenvalue weighted by Crippen LogP contribution is 2.53. The van der Waals surface area contributed by atoms with Crippen molar-refractivity contribution in [2.24, 2.45) is 11.8 Å². The zero-order chi connectivity index (χ0) is 33.4. The number of aromatic amines is 1. The largest absolute Gasteiger partial charge is 0.488 e. The first-order valence-electron chi connectivity index (χ1n) is 16.5. The molecular formula is C36H43BN4O6. The van der Waals surface area contributed by atoms with E-state index in [9.17, 15) is 14.7 Å². The SMILES string of the molecule is COC(=O)N[C@H](C(=O)N1[C@@H]2C[C@@H]2C[C@H]1c1nc2ccc3cc4c(cc3c2[nH]1)OCc1cc(BOC(C)(C)C(C)(C)O)ccc1-4)C(C)C. The minimum atomic E-state index is -0.973. The molecule has 0 unspecified atom stereocenters. The maximum absolute atomic E-state index is 13.9. The quantitative estimate of drug-likeness (QED) is 0.236. The summed E-state index contributed by atoms with van der Waals surface area (Å²) in [7, 11) is 1.70. The Balaban J connectivity index is 1.18. The smallest absolute Gasteiger partial charge is 0.407 e. The van der Waals surface area contributed by atoms with E-state index in [1.165, 1.54) is 7.11 Å². The Bertz CT molecular complexity index is 1900. The van der Waals surface area contributed by atoms with E-state index in [0.717, 1.165) is 68.4 Å². The lowest BCUT2D eigenvalue weighted by Crippen LogP contribution is -2.52. The second-order valence-electron chi connectivity index (χ2n) is 14.7. The van der Waals surface area contributed by atoms with E-state index < -0.39 is 23.3 Å². The van der Waals surface area contributed by atoms with E-state index in [1.54, 1.807) is 13.8 Å². The number of likely N-dealkylation sites (tertiary alicyclic amines) is 1. The summed E-state index contributed by atoms with van der Waals surface area (Å²) in [6.07, 6.45) is 1.21. The number of methoxy groups -OCH3 is 1. The normalized spacial score (nSPS) is 20.8. The van der Waals surface area contributed by atoms with Crippen molar-refractivity contribution in [3.05, 3.63) is 53.9 Å². The minimum Gasteiger partial charge on any atom is -0.488 e. The van der Waals surface area contributed by atoms with Crippen LogP contribution in [0.1, 0.15) is 71.8 Å². The molecule has 0 radical (unpaired) electrons. The molecule has 1 saturated carbocycles. The number of hydrogen-bond acceptors (Lipinski definition) is 7. The van der Waals surface area contributed by atoms with Crippen LogP contribution in [0.4, 0.5) is 4.79 Å². The Kier molecular flexibility index (Phi) is 7.55. The molecule has 10 nitrogen and oxygen atoms in total. The van der Waals surface area contributed by atoms with Crippen molar-refractivity contribution < 1.29 is 28.8 Å². The van der Waals surface area contributed by atoms with Crippen molar-refractivity contribution >= 4 is 46.8 Å². The maximum atomic E-state index is 13.9. The van der Waals surface area contributed by atoms with Crippen LogP contribution in [0.2, 0.25) is 0 Å². The number of alkyl carbamates (subject to hydrolysis) is 1. The molecule has 2 fully saturated rings. The van der Waals surface area contributed by atoms with Crippen LogP contribution in [0.15, 0.2) is 42.5 Å². The summed E-state index contributed by atoms with van der Waals surface area (Å²) in [6.45, 7) is 11.6. The Morgan fingerprint density at radius 2 is 1.89 bits per heavy atom. The Hall–Kier alpha value is -4.09. The van der Waals surface area contributed by atoms with Gasteiger partial charge in [0, 0.05) is 17.0 Å². The summed E-state index contributed by atoms with van der Waals surface area (Å²) in [5.41, 5.74) is 4.36. The minimum absolute atomic E-state index is 0.0949. The number of imidazole rings is 1. The Morgan fingerprint density at radius 1 is 1.11 bits per heavy atom. The molecule has 2 aliphatic heterocycles. The second kappa shape index (κ2) is 11.3. The van der Waals surface area contributed by atoms with Gasteiger partial charge in [0.1, 0.15) is 24.2 Å². The van der Waals surface area contributed by atoms with Crippen molar-refractivity contribution in [1.82, 2.24) is 20.2 Å². The third kappa shape index (κ3) is 5.53. The zero-order valence-corrected chi connectivity index (χ0v) is 28.1. The van der Waals surface area contributed by atoms with Crippen molar-refractivity contribution in [3.63, 3.8) is 0 Å². The molecule has 3 heterocycles. The molecule has 2 amide bonds. The average Bonchev–Trinajstić information content (AvgIpc) is 3.47. The molecule has 246 valence electrons. The molecule has 1 aliphatic carbocycles. The first kappa shape index (κ1) is 31.5. The summed E-state index contributed by atoms with van der Waals surface area (Å²) >= 11 is 0. The van der Waals surface area contributed by atoms with Gasteiger partial charge in [0.05, 0.1) is 35.4 Å². The van der Waals surface area contributed by atoms with Gasteiger partial charge < -0.3 is 34.4 Å². The number of hydrogen-bond donors (Lipinski definition) is 3. The molecule has 4 aromatic rings. The third-order valence-corrected chi connectivity index (χ3v) is 10.6. The number of carbonyl (C=O) groups excluding carboxylic acids is 2. The fourth-order valence-electron chi connectivity index (χ4n) is 6.93. The third-order valence-electron chi connectivity index (χ3n) is 10.6. The molecule has 47 heavy (non-hydrogen) atoms. The van der Waals surface area contributed by atoms with Gasteiger partial charge in [-0.15, -0.1) is 0 Å². The topological polar surface area (TPSA) is 126 Å². The first-order valence-corrected chi connectivity index (χ1v) is 16.5. The van der Waals surface area contributed by atoms with Gasteiger partial charge in [-0.05, 0) is 87.1 Å². The van der Waals surface area contributed by atoms with Crippen molar-refractivity contribution in [3.8, 4) is 16.9 Å². The van der Waals surface area contributed by atoms with Gasteiger partial charge in [-0.25, -0.2) is 9.78 Å². The monoisotopic (exact) mass is 638 g/mol. The van der Waals surface area contributed by atoms with Crippen LogP contribution in [0.5, 0.6) is 5.75 Å². The van der Waals surface area contributed by atoms with Crippen LogP contribution in [0, 0.1) is 11.8 Å². The number of rotatable bonds is 8. The molecule has 1 aromatic heterocycles. The van der Waals surface area contributed by atoms with Crippen molar-refractivity contribution in [1.29, 1.82) is 0 Å². The molecular weight excluding hydrogens is 595 g/mol. The lowest BCUT2D eigenvalue weighted by Gasteiger charge is -2.37. The van der Waals surface area contributed by atoms with E-state index in [1.807, 2.05) is 38.7 Å². The lowest BCUT2D eigenvalue weighted by atomic mass is 9.80. The predicted octanol–water partition coefficient (Wildman–Crippen LogP) is 4.86. The Labute approximate surface area is 275 Å². The lowest BCUT2D eigenvalue weighted by molar-refractivity contribution is -0.136. The highest BCUT2D eigenvalue weighted by molar-refractivity contribution is 6.47. The Morgan fingerprint density at radius 3 is 2.62 bits per heavy atom. The molecule has 11 heteroatoms. The van der Waals surface area contributed by atoms with Crippen LogP contribution in [-0.4, -0.2) is 69.9 Å². The second-order valence-corrected chi connectivity index (χ2v) is 14.7. The highest BCUT2D eigenvalue weighted by atomic mass is 16.5. The van der Waals surface area contributed by atoms with Gasteiger partial charge in [-0.1, -0.05) is 43.6 Å². The van der Waals surface area contributed by atoms with Crippen LogP contribution >= 0.6 is 0 Å². The summed E-state index contributed by atoms with van der Waals surface area (Å²) in [4.78, 5) is 36.5. The molecule has 4 atom stereocenters. The van der Waals surface area contributed by atoms with E-state index in [-0.39, 0.29) is 23.9 Å². The van der Waals surface area contributed by atoms with Gasteiger partial charge in [-0.3, -0.25) is 4.79 Å². The number of piperidine rings is 1.